The minimum absolute atomic E-state index is 0.143. The molecular weight excluding hydrogens is 330 g/mol. The van der Waals surface area contributed by atoms with Gasteiger partial charge in [0.15, 0.2) is 0 Å². The molecule has 2 aromatic heterocycles. The summed E-state index contributed by atoms with van der Waals surface area (Å²) in [5.41, 5.74) is 0. The summed E-state index contributed by atoms with van der Waals surface area (Å²) in [6.45, 7) is 4.56. The summed E-state index contributed by atoms with van der Waals surface area (Å²) in [5.74, 6) is 3.37. The summed E-state index contributed by atoms with van der Waals surface area (Å²) in [6.07, 6.45) is 9.08. The van der Waals surface area contributed by atoms with Crippen LogP contribution in [-0.4, -0.2) is 67.0 Å². The number of hydrogen-bond donors (Lipinski definition) is 1. The van der Waals surface area contributed by atoms with E-state index in [0.29, 0.717) is 5.92 Å². The maximum atomic E-state index is 9.67. The molecule has 8 heteroatoms. The van der Waals surface area contributed by atoms with Crippen LogP contribution in [0, 0.1) is 0 Å². The zero-order valence-electron chi connectivity index (χ0n) is 15.3. The Labute approximate surface area is 153 Å². The van der Waals surface area contributed by atoms with Crippen LogP contribution in [-0.2, 0) is 13.6 Å². The first-order valence-electron chi connectivity index (χ1n) is 9.50. The maximum absolute atomic E-state index is 9.67. The smallest absolute Gasteiger partial charge is 0.147 e. The third-order valence-electron chi connectivity index (χ3n) is 5.58. The van der Waals surface area contributed by atoms with Crippen molar-refractivity contribution in [2.75, 3.05) is 31.1 Å². The number of aromatic nitrogens is 5. The molecule has 2 aliphatic rings. The minimum atomic E-state index is -0.143. The molecule has 1 atom stereocenters. The monoisotopic (exact) mass is 357 g/mol. The van der Waals surface area contributed by atoms with Crippen LogP contribution in [0.3, 0.4) is 0 Å². The molecule has 0 amide bonds. The second-order valence-corrected chi connectivity index (χ2v) is 7.39. The number of anilines is 1. The molecule has 2 saturated heterocycles. The van der Waals surface area contributed by atoms with Gasteiger partial charge in [0, 0.05) is 51.5 Å². The van der Waals surface area contributed by atoms with Gasteiger partial charge in [0.25, 0.3) is 0 Å². The Hall–Kier alpha value is -2.06. The van der Waals surface area contributed by atoms with Crippen molar-refractivity contribution in [3.8, 4) is 0 Å². The van der Waals surface area contributed by atoms with Crippen molar-refractivity contribution in [1.29, 1.82) is 0 Å². The van der Waals surface area contributed by atoms with Gasteiger partial charge in [0.1, 0.15) is 17.5 Å². The fourth-order valence-corrected chi connectivity index (χ4v) is 4.00. The number of piperidine rings is 2. The summed E-state index contributed by atoms with van der Waals surface area (Å²) in [4.78, 5) is 13.3. The van der Waals surface area contributed by atoms with E-state index in [1.54, 1.807) is 12.4 Å². The molecule has 0 bridgehead atoms. The van der Waals surface area contributed by atoms with Crippen LogP contribution in [0.4, 0.5) is 5.82 Å². The lowest BCUT2D eigenvalue weighted by atomic mass is 9.97. The lowest BCUT2D eigenvalue weighted by Gasteiger charge is -2.33. The number of rotatable bonds is 4. The molecule has 0 unspecified atom stereocenters. The second-order valence-electron chi connectivity index (χ2n) is 7.39. The zero-order chi connectivity index (χ0) is 17.9. The van der Waals surface area contributed by atoms with Gasteiger partial charge in [-0.1, -0.05) is 0 Å². The molecule has 0 aromatic carbocycles. The highest BCUT2D eigenvalue weighted by molar-refractivity contribution is 5.36. The van der Waals surface area contributed by atoms with Crippen molar-refractivity contribution in [2.24, 2.45) is 7.05 Å². The van der Waals surface area contributed by atoms with Crippen LogP contribution < -0.4 is 4.90 Å². The number of aliphatic hydroxyl groups excluding tert-OH is 1. The lowest BCUT2D eigenvalue weighted by Crippen LogP contribution is -2.36. The van der Waals surface area contributed by atoms with Gasteiger partial charge in [-0.05, 0) is 25.7 Å². The van der Waals surface area contributed by atoms with Crippen LogP contribution in [0.25, 0.3) is 0 Å². The van der Waals surface area contributed by atoms with E-state index >= 15 is 0 Å². The van der Waals surface area contributed by atoms with E-state index in [-0.39, 0.29) is 6.10 Å². The lowest BCUT2D eigenvalue weighted by molar-refractivity contribution is 0.0775. The summed E-state index contributed by atoms with van der Waals surface area (Å²) in [7, 11) is 2.07. The van der Waals surface area contributed by atoms with Crippen LogP contribution in [0.5, 0.6) is 0 Å². The van der Waals surface area contributed by atoms with Gasteiger partial charge in [0.2, 0.25) is 0 Å². The Kier molecular flexibility index (Phi) is 5.12. The largest absolute Gasteiger partial charge is 0.393 e. The van der Waals surface area contributed by atoms with Gasteiger partial charge in [-0.25, -0.2) is 4.98 Å². The predicted molar refractivity (Wildman–Crippen MR) is 97.7 cm³/mol. The number of nitrogens with zero attached hydrogens (tertiary/aromatic N) is 7. The molecule has 0 aliphatic carbocycles. The van der Waals surface area contributed by atoms with E-state index in [9.17, 15) is 5.11 Å². The summed E-state index contributed by atoms with van der Waals surface area (Å²) in [6, 6.07) is 0. The third kappa shape index (κ3) is 3.71. The Morgan fingerprint density at radius 3 is 2.73 bits per heavy atom. The average molecular weight is 357 g/mol. The molecule has 1 N–H and O–H groups in total. The third-order valence-corrected chi connectivity index (χ3v) is 5.58. The van der Waals surface area contributed by atoms with Crippen LogP contribution in [0.15, 0.2) is 18.6 Å². The highest BCUT2D eigenvalue weighted by atomic mass is 16.3. The molecule has 0 radical (unpaired) electrons. The van der Waals surface area contributed by atoms with E-state index in [0.717, 1.165) is 75.9 Å². The van der Waals surface area contributed by atoms with Gasteiger partial charge < -0.3 is 14.6 Å². The molecule has 0 spiro atoms. The highest BCUT2D eigenvalue weighted by Crippen LogP contribution is 2.28. The van der Waals surface area contributed by atoms with Gasteiger partial charge in [0.05, 0.1) is 18.8 Å². The maximum Gasteiger partial charge on any atom is 0.147 e. The van der Waals surface area contributed by atoms with Crippen molar-refractivity contribution in [3.05, 3.63) is 30.2 Å². The first kappa shape index (κ1) is 17.4. The van der Waals surface area contributed by atoms with Crippen LogP contribution >= 0.6 is 0 Å². The molecule has 26 heavy (non-hydrogen) atoms. The van der Waals surface area contributed by atoms with E-state index in [2.05, 4.69) is 41.6 Å². The van der Waals surface area contributed by atoms with E-state index in [1.165, 1.54) is 0 Å². The fraction of sp³-hybridized carbons (Fsp3) is 0.667. The minimum Gasteiger partial charge on any atom is -0.393 e. The second kappa shape index (κ2) is 7.67. The standard InChI is InChI=1S/C18H27N7O/c1-23-17(13-24-9-4-15(26)5-10-24)21-22-18(23)14-3-2-8-25(12-14)16-11-19-6-7-20-16/h6-7,11,14-15,26H,2-5,8-10,12-13H2,1H3/t14-/m0/s1. The Bertz CT molecular complexity index is 712. The topological polar surface area (TPSA) is 83.2 Å². The van der Waals surface area contributed by atoms with Crippen molar-refractivity contribution in [2.45, 2.75) is 44.2 Å². The van der Waals surface area contributed by atoms with Gasteiger partial charge in [-0.3, -0.25) is 9.88 Å². The first-order valence-corrected chi connectivity index (χ1v) is 9.50. The fourth-order valence-electron chi connectivity index (χ4n) is 4.00. The molecule has 2 fully saturated rings. The molecule has 2 aliphatic heterocycles. The van der Waals surface area contributed by atoms with Crippen LogP contribution in [0.1, 0.15) is 43.3 Å². The normalized spacial score (nSPS) is 22.7. The molecule has 8 nitrogen and oxygen atoms in total. The summed E-state index contributed by atoms with van der Waals surface area (Å²) < 4.78 is 2.16. The van der Waals surface area contributed by atoms with Gasteiger partial charge in [-0.2, -0.15) is 0 Å². The highest BCUT2D eigenvalue weighted by Gasteiger charge is 2.27. The van der Waals surface area contributed by atoms with E-state index in [4.69, 9.17) is 0 Å². The quantitative estimate of drug-likeness (QED) is 0.872. The molecule has 140 valence electrons. The number of hydrogen-bond acceptors (Lipinski definition) is 7. The molecule has 4 rings (SSSR count). The van der Waals surface area contributed by atoms with Crippen molar-refractivity contribution in [1.82, 2.24) is 29.6 Å². The van der Waals surface area contributed by atoms with Crippen molar-refractivity contribution in [3.63, 3.8) is 0 Å². The average Bonchev–Trinajstić information content (AvgIpc) is 3.05. The Morgan fingerprint density at radius 1 is 1.12 bits per heavy atom. The number of aliphatic hydroxyl groups is 1. The first-order chi connectivity index (χ1) is 12.7. The van der Waals surface area contributed by atoms with Gasteiger partial charge in [-0.15, -0.1) is 10.2 Å². The zero-order valence-corrected chi connectivity index (χ0v) is 15.3. The summed E-state index contributed by atoms with van der Waals surface area (Å²) in [5, 5.41) is 18.7. The molecule has 2 aromatic rings. The molecular formula is C18H27N7O. The van der Waals surface area contributed by atoms with Gasteiger partial charge >= 0.3 is 0 Å². The predicted octanol–water partition coefficient (Wildman–Crippen LogP) is 0.946. The van der Waals surface area contributed by atoms with Crippen molar-refractivity contribution >= 4 is 5.82 Å². The molecule has 0 saturated carbocycles. The van der Waals surface area contributed by atoms with E-state index < -0.39 is 0 Å². The number of likely N-dealkylation sites (tertiary alicyclic amines) is 1. The van der Waals surface area contributed by atoms with E-state index in [1.807, 2.05) is 6.20 Å². The Balaban J connectivity index is 1.44. The molecule has 4 heterocycles. The SMILES string of the molecule is Cn1c(CN2CCC(O)CC2)nnc1[C@H]1CCCN(c2cnccn2)C1. The van der Waals surface area contributed by atoms with Crippen LogP contribution in [0.2, 0.25) is 0 Å². The Morgan fingerprint density at radius 2 is 1.96 bits per heavy atom. The summed E-state index contributed by atoms with van der Waals surface area (Å²) >= 11 is 0. The van der Waals surface area contributed by atoms with Crippen molar-refractivity contribution < 1.29 is 5.11 Å².